The number of carboxylic acid groups (broad SMARTS) is 1. The highest BCUT2D eigenvalue weighted by Gasteiger charge is 2.31. The predicted octanol–water partition coefficient (Wildman–Crippen LogP) is 1.05. The van der Waals surface area contributed by atoms with Crippen LogP contribution in [0, 0.1) is 0 Å². The third-order valence-electron chi connectivity index (χ3n) is 3.25. The van der Waals surface area contributed by atoms with Gasteiger partial charge in [0.05, 0.1) is 5.56 Å². The van der Waals surface area contributed by atoms with Crippen molar-refractivity contribution in [1.82, 2.24) is 10.3 Å². The van der Waals surface area contributed by atoms with Crippen LogP contribution in [0.2, 0.25) is 0 Å². The lowest BCUT2D eigenvalue weighted by Crippen LogP contribution is -2.36. The van der Waals surface area contributed by atoms with Gasteiger partial charge in [0, 0.05) is 19.3 Å². The van der Waals surface area contributed by atoms with Gasteiger partial charge in [0.25, 0.3) is 5.91 Å². The number of carbonyl (C=O) groups is 2. The molecule has 0 radical (unpaired) electrons. The van der Waals surface area contributed by atoms with E-state index in [-0.39, 0.29) is 5.91 Å². The minimum Gasteiger partial charge on any atom is -0.480 e. The minimum atomic E-state index is -0.836. The molecule has 0 aromatic carbocycles. The fourth-order valence-corrected chi connectivity index (χ4v) is 2.25. The van der Waals surface area contributed by atoms with E-state index in [4.69, 9.17) is 5.11 Å². The lowest BCUT2D eigenvalue weighted by molar-refractivity contribution is -0.138. The number of rotatable bonds is 5. The molecule has 6 nitrogen and oxygen atoms in total. The fraction of sp³-hybridized carbons (Fsp3) is 0.357. The zero-order valence-electron chi connectivity index (χ0n) is 11.1. The zero-order valence-corrected chi connectivity index (χ0v) is 11.1. The van der Waals surface area contributed by atoms with E-state index in [1.807, 2.05) is 0 Å². The summed E-state index contributed by atoms with van der Waals surface area (Å²) in [6, 6.07) is 2.81. The van der Waals surface area contributed by atoms with E-state index in [0.717, 1.165) is 6.42 Å². The van der Waals surface area contributed by atoms with Gasteiger partial charge in [0.1, 0.15) is 11.9 Å². The smallest absolute Gasteiger partial charge is 0.326 e. The number of anilines is 1. The molecule has 0 aliphatic carbocycles. The normalized spacial score (nSPS) is 17.8. The predicted molar refractivity (Wildman–Crippen MR) is 74.8 cm³/mol. The van der Waals surface area contributed by atoms with E-state index in [1.54, 1.807) is 23.1 Å². The molecule has 2 N–H and O–H groups in total. The molecule has 0 saturated carbocycles. The number of pyridine rings is 1. The van der Waals surface area contributed by atoms with Gasteiger partial charge in [-0.1, -0.05) is 6.08 Å². The lowest BCUT2D eigenvalue weighted by Gasteiger charge is -2.22. The quantitative estimate of drug-likeness (QED) is 0.785. The maximum atomic E-state index is 11.7. The molecule has 6 heteroatoms. The summed E-state index contributed by atoms with van der Waals surface area (Å²) in [4.78, 5) is 28.8. The van der Waals surface area contributed by atoms with Gasteiger partial charge in [-0.2, -0.15) is 0 Å². The molecule has 1 aromatic heterocycles. The topological polar surface area (TPSA) is 82.5 Å². The van der Waals surface area contributed by atoms with Crippen LogP contribution in [0.4, 0.5) is 5.82 Å². The van der Waals surface area contributed by atoms with Gasteiger partial charge in [-0.05, 0) is 25.0 Å². The van der Waals surface area contributed by atoms with E-state index >= 15 is 0 Å². The van der Waals surface area contributed by atoms with Crippen LogP contribution >= 0.6 is 0 Å². The molecule has 1 amide bonds. The van der Waals surface area contributed by atoms with Crippen molar-refractivity contribution in [1.29, 1.82) is 0 Å². The van der Waals surface area contributed by atoms with Crippen molar-refractivity contribution in [2.24, 2.45) is 0 Å². The number of hydrogen-bond acceptors (Lipinski definition) is 4. The Bertz CT molecular complexity index is 513. The van der Waals surface area contributed by atoms with Gasteiger partial charge in [-0.3, -0.25) is 4.79 Å². The Hall–Kier alpha value is -2.37. The van der Waals surface area contributed by atoms with Crippen LogP contribution in [0.15, 0.2) is 31.0 Å². The second-order valence-corrected chi connectivity index (χ2v) is 4.59. The summed E-state index contributed by atoms with van der Waals surface area (Å²) in [5.74, 6) is -0.465. The number of aliphatic carboxylic acids is 1. The van der Waals surface area contributed by atoms with E-state index in [2.05, 4.69) is 16.9 Å². The number of aromatic nitrogens is 1. The Morgan fingerprint density at radius 3 is 2.95 bits per heavy atom. The van der Waals surface area contributed by atoms with Gasteiger partial charge in [0.2, 0.25) is 0 Å². The molecule has 0 spiro atoms. The molecule has 0 bridgehead atoms. The van der Waals surface area contributed by atoms with Crippen molar-refractivity contribution >= 4 is 17.7 Å². The highest BCUT2D eigenvalue weighted by molar-refractivity contribution is 5.94. The molecule has 1 aromatic rings. The average molecular weight is 275 g/mol. The Morgan fingerprint density at radius 2 is 2.35 bits per heavy atom. The summed E-state index contributed by atoms with van der Waals surface area (Å²) in [6.07, 6.45) is 4.52. The molecular weight excluding hydrogens is 258 g/mol. The number of carboxylic acids is 1. The summed E-state index contributed by atoms with van der Waals surface area (Å²) in [5, 5.41) is 11.8. The molecule has 1 aliphatic heterocycles. The van der Waals surface area contributed by atoms with Crippen molar-refractivity contribution in [3.05, 3.63) is 36.5 Å². The van der Waals surface area contributed by atoms with Gasteiger partial charge in [0.15, 0.2) is 0 Å². The molecule has 1 saturated heterocycles. The first-order chi connectivity index (χ1) is 9.63. The van der Waals surface area contributed by atoms with Crippen LogP contribution in [-0.4, -0.2) is 41.1 Å². The molecule has 1 aliphatic rings. The second-order valence-electron chi connectivity index (χ2n) is 4.59. The van der Waals surface area contributed by atoms with Crippen LogP contribution in [0.3, 0.4) is 0 Å². The van der Waals surface area contributed by atoms with Crippen molar-refractivity contribution in [2.45, 2.75) is 18.9 Å². The summed E-state index contributed by atoms with van der Waals surface area (Å²) < 4.78 is 0. The number of nitrogens with one attached hydrogen (secondary N) is 1. The molecule has 1 fully saturated rings. The third kappa shape index (κ3) is 2.96. The zero-order chi connectivity index (χ0) is 14.5. The molecule has 0 unspecified atom stereocenters. The summed E-state index contributed by atoms with van der Waals surface area (Å²) >= 11 is 0. The van der Waals surface area contributed by atoms with E-state index in [1.165, 1.54) is 6.20 Å². The van der Waals surface area contributed by atoms with Gasteiger partial charge in [-0.15, -0.1) is 6.58 Å². The molecular formula is C14H17N3O3. The summed E-state index contributed by atoms with van der Waals surface area (Å²) in [7, 11) is 0. The number of amides is 1. The second kappa shape index (κ2) is 6.18. The van der Waals surface area contributed by atoms with Crippen LogP contribution < -0.4 is 10.2 Å². The number of nitrogens with zero attached hydrogens (tertiary/aromatic N) is 2. The Kier molecular flexibility index (Phi) is 4.34. The SMILES string of the molecule is C=CCNC(=O)c1ccc(N2CCC[C@H]2C(=O)O)nc1. The largest absolute Gasteiger partial charge is 0.480 e. The maximum Gasteiger partial charge on any atom is 0.326 e. The molecule has 2 heterocycles. The van der Waals surface area contributed by atoms with Crippen LogP contribution in [0.5, 0.6) is 0 Å². The Balaban J connectivity index is 2.10. The highest BCUT2D eigenvalue weighted by Crippen LogP contribution is 2.23. The van der Waals surface area contributed by atoms with Crippen molar-refractivity contribution < 1.29 is 14.7 Å². The monoisotopic (exact) mass is 275 g/mol. The highest BCUT2D eigenvalue weighted by atomic mass is 16.4. The number of hydrogen-bond donors (Lipinski definition) is 2. The van der Waals surface area contributed by atoms with Crippen LogP contribution in [0.25, 0.3) is 0 Å². The molecule has 106 valence electrons. The van der Waals surface area contributed by atoms with Gasteiger partial charge in [-0.25, -0.2) is 9.78 Å². The van der Waals surface area contributed by atoms with Gasteiger partial charge >= 0.3 is 5.97 Å². The third-order valence-corrected chi connectivity index (χ3v) is 3.25. The minimum absolute atomic E-state index is 0.222. The maximum absolute atomic E-state index is 11.7. The Labute approximate surface area is 117 Å². The summed E-state index contributed by atoms with van der Waals surface area (Å²) in [5.41, 5.74) is 0.446. The van der Waals surface area contributed by atoms with Crippen molar-refractivity contribution in [3.63, 3.8) is 0 Å². The fourth-order valence-electron chi connectivity index (χ4n) is 2.25. The Morgan fingerprint density at radius 1 is 1.55 bits per heavy atom. The van der Waals surface area contributed by atoms with Crippen molar-refractivity contribution in [3.8, 4) is 0 Å². The van der Waals surface area contributed by atoms with Crippen LogP contribution in [-0.2, 0) is 4.79 Å². The van der Waals surface area contributed by atoms with E-state index in [9.17, 15) is 9.59 Å². The van der Waals surface area contributed by atoms with E-state index < -0.39 is 12.0 Å². The molecule has 2 rings (SSSR count). The van der Waals surface area contributed by atoms with E-state index in [0.29, 0.717) is 30.9 Å². The molecule has 20 heavy (non-hydrogen) atoms. The average Bonchev–Trinajstić information content (AvgIpc) is 2.94. The van der Waals surface area contributed by atoms with Gasteiger partial charge < -0.3 is 15.3 Å². The van der Waals surface area contributed by atoms with Crippen molar-refractivity contribution in [2.75, 3.05) is 18.0 Å². The molecule has 1 atom stereocenters. The lowest BCUT2D eigenvalue weighted by atomic mass is 10.2. The van der Waals surface area contributed by atoms with Crippen LogP contribution in [0.1, 0.15) is 23.2 Å². The standard InChI is InChI=1S/C14H17N3O3/c1-2-7-15-13(18)10-5-6-12(16-9-10)17-8-3-4-11(17)14(19)20/h2,5-6,9,11H,1,3-4,7-8H2,(H,15,18)(H,19,20)/t11-/m0/s1. The first kappa shape index (κ1) is 14.0. The summed E-state index contributed by atoms with van der Waals surface area (Å²) in [6.45, 7) is 4.59. The first-order valence-corrected chi connectivity index (χ1v) is 6.48. The number of carbonyl (C=O) groups excluding carboxylic acids is 1. The first-order valence-electron chi connectivity index (χ1n) is 6.48.